The van der Waals surface area contributed by atoms with Crippen LogP contribution >= 0.6 is 11.5 Å². The number of anilines is 2. The van der Waals surface area contributed by atoms with Gasteiger partial charge in [-0.25, -0.2) is 15.0 Å². The van der Waals surface area contributed by atoms with Crippen LogP contribution in [0.25, 0.3) is 0 Å². The first kappa shape index (κ1) is 13.8. The largest absolute Gasteiger partial charge is 0.377 e. The zero-order valence-corrected chi connectivity index (χ0v) is 13.5. The molecule has 3 aliphatic heterocycles. The normalized spacial score (nSPS) is 23.5. The van der Waals surface area contributed by atoms with Crippen molar-refractivity contribution in [3.63, 3.8) is 0 Å². The van der Waals surface area contributed by atoms with Crippen molar-refractivity contribution in [2.45, 2.75) is 32.0 Å². The number of hydrogen-bond donors (Lipinski definition) is 0. The van der Waals surface area contributed by atoms with E-state index in [4.69, 9.17) is 4.74 Å². The van der Waals surface area contributed by atoms with Crippen LogP contribution in [-0.4, -0.2) is 51.6 Å². The molecular weight excluding hydrogens is 300 g/mol. The Labute approximate surface area is 133 Å². The van der Waals surface area contributed by atoms with Crippen molar-refractivity contribution in [2.75, 3.05) is 30.0 Å². The highest BCUT2D eigenvalue weighted by Gasteiger charge is 2.46. The van der Waals surface area contributed by atoms with Gasteiger partial charge in [0.05, 0.1) is 12.1 Å². The predicted octanol–water partition coefficient (Wildman–Crippen LogP) is 1.25. The van der Waals surface area contributed by atoms with Crippen LogP contribution in [0.1, 0.15) is 17.9 Å². The lowest BCUT2D eigenvalue weighted by atomic mass is 9.88. The van der Waals surface area contributed by atoms with E-state index < -0.39 is 0 Å². The molecule has 2 unspecified atom stereocenters. The van der Waals surface area contributed by atoms with Crippen molar-refractivity contribution in [1.29, 1.82) is 0 Å². The molecule has 0 spiro atoms. The molecule has 3 saturated heterocycles. The Kier molecular flexibility index (Phi) is 3.42. The van der Waals surface area contributed by atoms with Crippen LogP contribution < -0.4 is 9.80 Å². The highest BCUT2D eigenvalue weighted by atomic mass is 32.1. The van der Waals surface area contributed by atoms with Gasteiger partial charge < -0.3 is 14.5 Å². The van der Waals surface area contributed by atoms with Crippen LogP contribution in [0.5, 0.6) is 0 Å². The Morgan fingerprint density at radius 3 is 2.86 bits per heavy atom. The third-order valence-corrected chi connectivity index (χ3v) is 5.03. The molecular formula is C14H18N6OS. The number of methoxy groups -OCH3 is 1. The number of fused-ring (bicyclic) bond motifs is 2. The van der Waals surface area contributed by atoms with Crippen LogP contribution in [0.2, 0.25) is 0 Å². The summed E-state index contributed by atoms with van der Waals surface area (Å²) in [6.07, 6.45) is 2.87. The fourth-order valence-electron chi connectivity index (χ4n) is 3.26. The van der Waals surface area contributed by atoms with Crippen LogP contribution in [0.15, 0.2) is 12.4 Å². The van der Waals surface area contributed by atoms with Crippen LogP contribution in [-0.2, 0) is 11.3 Å². The van der Waals surface area contributed by atoms with Gasteiger partial charge in [-0.1, -0.05) is 0 Å². The van der Waals surface area contributed by atoms with Crippen molar-refractivity contribution >= 4 is 22.5 Å². The molecule has 5 heterocycles. The number of aromatic nitrogens is 4. The van der Waals surface area contributed by atoms with E-state index in [9.17, 15) is 0 Å². The summed E-state index contributed by atoms with van der Waals surface area (Å²) >= 11 is 1.47. The summed E-state index contributed by atoms with van der Waals surface area (Å²) < 4.78 is 9.45. The maximum atomic E-state index is 5.09. The van der Waals surface area contributed by atoms with Crippen LogP contribution in [0.4, 0.5) is 10.9 Å². The topological polar surface area (TPSA) is 67.3 Å². The Hall–Kier alpha value is -1.80. The smallest absolute Gasteiger partial charge is 0.205 e. The minimum atomic E-state index is 0.478. The average Bonchev–Trinajstić information content (AvgIpc) is 2.95. The van der Waals surface area contributed by atoms with E-state index in [1.54, 1.807) is 13.4 Å². The number of piperazine rings is 1. The minimum absolute atomic E-state index is 0.478. The van der Waals surface area contributed by atoms with Gasteiger partial charge in [0.25, 0.3) is 0 Å². The zero-order valence-electron chi connectivity index (χ0n) is 12.6. The van der Waals surface area contributed by atoms with E-state index in [2.05, 4.69) is 35.2 Å². The molecule has 0 amide bonds. The van der Waals surface area contributed by atoms with Crippen LogP contribution in [0.3, 0.4) is 0 Å². The van der Waals surface area contributed by atoms with Crippen molar-refractivity contribution in [3.8, 4) is 0 Å². The standard InChI is InChI=1S/C14H18N6OS/c1-9-3-13(16-8-15-9)19-5-10-4-11(6-19)20(10)14-17-12(7-21-2)18-22-14/h3,8,10-11H,4-7H2,1-2H3. The summed E-state index contributed by atoms with van der Waals surface area (Å²) in [6.45, 7) is 4.44. The molecule has 0 radical (unpaired) electrons. The summed E-state index contributed by atoms with van der Waals surface area (Å²) in [7, 11) is 1.67. The van der Waals surface area contributed by atoms with Gasteiger partial charge in [-0.2, -0.15) is 4.37 Å². The first-order chi connectivity index (χ1) is 10.7. The summed E-state index contributed by atoms with van der Waals surface area (Å²) in [5, 5.41) is 1.02. The molecule has 0 aliphatic carbocycles. The van der Waals surface area contributed by atoms with Gasteiger partial charge in [0, 0.05) is 43.5 Å². The van der Waals surface area contributed by atoms with E-state index in [0.717, 1.165) is 35.6 Å². The van der Waals surface area contributed by atoms with Gasteiger partial charge in [0.2, 0.25) is 5.13 Å². The zero-order chi connectivity index (χ0) is 15.1. The molecule has 3 aliphatic rings. The second-order valence-corrected chi connectivity index (χ2v) is 6.53. The Bertz CT molecular complexity index is 665. The molecule has 5 rings (SSSR count). The quantitative estimate of drug-likeness (QED) is 0.840. The summed E-state index contributed by atoms with van der Waals surface area (Å²) in [5.74, 6) is 1.80. The van der Waals surface area contributed by atoms with Gasteiger partial charge in [0.1, 0.15) is 18.8 Å². The molecule has 0 saturated carbocycles. The fourth-order valence-corrected chi connectivity index (χ4v) is 4.08. The minimum Gasteiger partial charge on any atom is -0.377 e. The highest BCUT2D eigenvalue weighted by Crippen LogP contribution is 2.38. The van der Waals surface area contributed by atoms with Crippen molar-refractivity contribution in [3.05, 3.63) is 23.9 Å². The SMILES string of the molecule is COCc1nsc(N2C3CC2CN(c2cc(C)ncn2)C3)n1. The molecule has 0 N–H and O–H groups in total. The number of nitrogens with zero attached hydrogens (tertiary/aromatic N) is 6. The Morgan fingerprint density at radius 1 is 1.32 bits per heavy atom. The maximum absolute atomic E-state index is 5.09. The van der Waals surface area contributed by atoms with Crippen molar-refractivity contribution < 1.29 is 4.74 Å². The molecule has 3 fully saturated rings. The number of rotatable bonds is 4. The Balaban J connectivity index is 1.48. The molecule has 2 bridgehead atoms. The van der Waals surface area contributed by atoms with E-state index in [1.165, 1.54) is 18.0 Å². The second kappa shape index (κ2) is 5.44. The molecule has 8 heteroatoms. The lowest BCUT2D eigenvalue weighted by molar-refractivity contribution is 0.178. The molecule has 2 atom stereocenters. The number of hydrogen-bond acceptors (Lipinski definition) is 8. The van der Waals surface area contributed by atoms with Gasteiger partial charge in [-0.05, 0) is 13.3 Å². The number of ether oxygens (including phenoxy) is 1. The van der Waals surface area contributed by atoms with E-state index in [0.29, 0.717) is 18.7 Å². The molecule has 2 aromatic heterocycles. The van der Waals surface area contributed by atoms with Gasteiger partial charge in [-0.15, -0.1) is 0 Å². The van der Waals surface area contributed by atoms with Gasteiger partial charge in [-0.3, -0.25) is 0 Å². The molecule has 116 valence electrons. The first-order valence-corrected chi connectivity index (χ1v) is 8.15. The summed E-state index contributed by atoms with van der Waals surface area (Å²) in [6, 6.07) is 3.05. The predicted molar refractivity (Wildman–Crippen MR) is 84.3 cm³/mol. The number of piperidine rings is 1. The second-order valence-electron chi connectivity index (χ2n) is 5.80. The molecule has 2 aromatic rings. The molecule has 0 aromatic carbocycles. The third kappa shape index (κ3) is 2.32. The number of aryl methyl sites for hydroxylation is 1. The third-order valence-electron chi connectivity index (χ3n) is 4.26. The molecule has 22 heavy (non-hydrogen) atoms. The van der Waals surface area contributed by atoms with Gasteiger partial charge >= 0.3 is 0 Å². The average molecular weight is 318 g/mol. The van der Waals surface area contributed by atoms with E-state index in [1.807, 2.05) is 6.92 Å². The fraction of sp³-hybridized carbons (Fsp3) is 0.571. The monoisotopic (exact) mass is 318 g/mol. The van der Waals surface area contributed by atoms with Crippen LogP contribution in [0, 0.1) is 6.92 Å². The van der Waals surface area contributed by atoms with Gasteiger partial charge in [0.15, 0.2) is 5.82 Å². The lowest BCUT2D eigenvalue weighted by Gasteiger charge is -2.56. The van der Waals surface area contributed by atoms with E-state index >= 15 is 0 Å². The molecule has 7 nitrogen and oxygen atoms in total. The Morgan fingerprint density at radius 2 is 2.14 bits per heavy atom. The summed E-state index contributed by atoms with van der Waals surface area (Å²) in [5.41, 5.74) is 1.01. The maximum Gasteiger partial charge on any atom is 0.205 e. The highest BCUT2D eigenvalue weighted by molar-refractivity contribution is 7.09. The lowest BCUT2D eigenvalue weighted by Crippen LogP contribution is -2.69. The summed E-state index contributed by atoms with van der Waals surface area (Å²) in [4.78, 5) is 17.9. The van der Waals surface area contributed by atoms with Crippen molar-refractivity contribution in [1.82, 2.24) is 19.3 Å². The first-order valence-electron chi connectivity index (χ1n) is 7.38. The van der Waals surface area contributed by atoms with Crippen molar-refractivity contribution in [2.24, 2.45) is 0 Å². The van der Waals surface area contributed by atoms with E-state index in [-0.39, 0.29) is 0 Å².